The molecule has 0 saturated heterocycles. The lowest BCUT2D eigenvalue weighted by molar-refractivity contribution is 0.0841. The maximum Gasteiger partial charge on any atom is 0.203 e. The summed E-state index contributed by atoms with van der Waals surface area (Å²) in [5.41, 5.74) is 1.18. The highest BCUT2D eigenvalue weighted by Crippen LogP contribution is 2.45. The van der Waals surface area contributed by atoms with E-state index in [4.69, 9.17) is 9.47 Å². The third-order valence-corrected chi connectivity index (χ3v) is 3.49. The molecule has 1 heterocycles. The number of hydrogen-bond acceptors (Lipinski definition) is 5. The van der Waals surface area contributed by atoms with Gasteiger partial charge in [-0.25, -0.2) is 0 Å². The highest BCUT2D eigenvalue weighted by molar-refractivity contribution is 6.01. The second-order valence-corrected chi connectivity index (χ2v) is 4.82. The number of aromatic hydroxyl groups is 2. The van der Waals surface area contributed by atoms with Gasteiger partial charge in [-0.05, 0) is 29.8 Å². The third-order valence-electron chi connectivity index (χ3n) is 3.49. The SMILES string of the molecule is COc1c(O)ccc2c1O[C@H](c1ccc(O)cc1)CC2=O. The average molecular weight is 286 g/mol. The van der Waals surface area contributed by atoms with E-state index in [9.17, 15) is 15.0 Å². The molecule has 1 atom stereocenters. The Bertz CT molecular complexity index is 691. The lowest BCUT2D eigenvalue weighted by Gasteiger charge is -2.27. The number of phenolic OH excluding ortho intramolecular Hbond substituents is 2. The van der Waals surface area contributed by atoms with Crippen LogP contribution in [0.1, 0.15) is 28.4 Å². The number of hydrogen-bond donors (Lipinski definition) is 2. The van der Waals surface area contributed by atoms with Gasteiger partial charge in [0, 0.05) is 0 Å². The van der Waals surface area contributed by atoms with Crippen molar-refractivity contribution in [1.82, 2.24) is 0 Å². The van der Waals surface area contributed by atoms with E-state index >= 15 is 0 Å². The zero-order valence-corrected chi connectivity index (χ0v) is 11.4. The second-order valence-electron chi connectivity index (χ2n) is 4.82. The number of rotatable bonds is 2. The number of benzene rings is 2. The van der Waals surface area contributed by atoms with Crippen molar-refractivity contribution >= 4 is 5.78 Å². The molecule has 1 aliphatic heterocycles. The molecule has 0 aromatic heterocycles. The Labute approximate surface area is 121 Å². The van der Waals surface area contributed by atoms with Crippen molar-refractivity contribution in [3.63, 3.8) is 0 Å². The first-order valence-corrected chi connectivity index (χ1v) is 6.49. The van der Waals surface area contributed by atoms with E-state index in [1.54, 1.807) is 24.3 Å². The fraction of sp³-hybridized carbons (Fsp3) is 0.188. The lowest BCUT2D eigenvalue weighted by atomic mass is 9.96. The molecule has 0 saturated carbocycles. The fourth-order valence-electron chi connectivity index (χ4n) is 2.42. The minimum atomic E-state index is -0.471. The molecular formula is C16H14O5. The summed E-state index contributed by atoms with van der Waals surface area (Å²) < 4.78 is 11.0. The lowest BCUT2D eigenvalue weighted by Crippen LogP contribution is -2.20. The minimum Gasteiger partial charge on any atom is -0.508 e. The predicted octanol–water partition coefficient (Wildman–Crippen LogP) is 2.81. The van der Waals surface area contributed by atoms with Crippen molar-refractivity contribution in [2.24, 2.45) is 0 Å². The molecule has 3 rings (SSSR count). The van der Waals surface area contributed by atoms with Crippen molar-refractivity contribution in [2.75, 3.05) is 7.11 Å². The van der Waals surface area contributed by atoms with Gasteiger partial charge in [-0.2, -0.15) is 0 Å². The summed E-state index contributed by atoms with van der Waals surface area (Å²) in [6, 6.07) is 9.43. The van der Waals surface area contributed by atoms with Crippen LogP contribution >= 0.6 is 0 Å². The van der Waals surface area contributed by atoms with Gasteiger partial charge in [0.15, 0.2) is 17.3 Å². The number of methoxy groups -OCH3 is 1. The summed E-state index contributed by atoms with van der Waals surface area (Å²) in [6.45, 7) is 0. The molecule has 5 nitrogen and oxygen atoms in total. The van der Waals surface area contributed by atoms with E-state index in [1.165, 1.54) is 19.2 Å². The monoisotopic (exact) mass is 286 g/mol. The number of ether oxygens (including phenoxy) is 2. The van der Waals surface area contributed by atoms with Gasteiger partial charge in [-0.1, -0.05) is 12.1 Å². The Morgan fingerprint density at radius 2 is 1.86 bits per heavy atom. The van der Waals surface area contributed by atoms with Crippen LogP contribution in [0.2, 0.25) is 0 Å². The first-order valence-electron chi connectivity index (χ1n) is 6.49. The maximum absolute atomic E-state index is 12.2. The average Bonchev–Trinajstić information content (AvgIpc) is 2.47. The van der Waals surface area contributed by atoms with Gasteiger partial charge in [0.25, 0.3) is 0 Å². The van der Waals surface area contributed by atoms with E-state index in [2.05, 4.69) is 0 Å². The number of Topliss-reactive ketones (excluding diaryl/α,β-unsaturated/α-hetero) is 1. The molecule has 0 amide bonds. The van der Waals surface area contributed by atoms with Crippen LogP contribution in [-0.4, -0.2) is 23.1 Å². The molecule has 108 valence electrons. The van der Waals surface area contributed by atoms with Crippen molar-refractivity contribution in [3.8, 4) is 23.0 Å². The van der Waals surface area contributed by atoms with Crippen LogP contribution in [0.3, 0.4) is 0 Å². The molecule has 5 heteroatoms. The Kier molecular flexibility index (Phi) is 3.17. The van der Waals surface area contributed by atoms with Crippen LogP contribution in [0.25, 0.3) is 0 Å². The van der Waals surface area contributed by atoms with Crippen molar-refractivity contribution in [2.45, 2.75) is 12.5 Å². The summed E-state index contributed by atoms with van der Waals surface area (Å²) >= 11 is 0. The smallest absolute Gasteiger partial charge is 0.203 e. The zero-order chi connectivity index (χ0) is 15.0. The normalized spacial score (nSPS) is 17.0. The molecule has 0 bridgehead atoms. The number of phenols is 2. The summed E-state index contributed by atoms with van der Waals surface area (Å²) in [7, 11) is 1.41. The van der Waals surface area contributed by atoms with Gasteiger partial charge < -0.3 is 19.7 Å². The molecule has 0 unspecified atom stereocenters. The largest absolute Gasteiger partial charge is 0.508 e. The summed E-state index contributed by atoms with van der Waals surface area (Å²) in [6.07, 6.45) is -0.271. The highest BCUT2D eigenvalue weighted by atomic mass is 16.5. The Balaban J connectivity index is 2.03. The number of fused-ring (bicyclic) bond motifs is 1. The van der Waals surface area contributed by atoms with Gasteiger partial charge in [0.2, 0.25) is 5.75 Å². The molecule has 21 heavy (non-hydrogen) atoms. The van der Waals surface area contributed by atoms with Crippen LogP contribution in [0.5, 0.6) is 23.0 Å². The molecule has 2 N–H and O–H groups in total. The van der Waals surface area contributed by atoms with Crippen molar-refractivity contribution in [1.29, 1.82) is 0 Å². The van der Waals surface area contributed by atoms with Gasteiger partial charge >= 0.3 is 0 Å². The van der Waals surface area contributed by atoms with Crippen LogP contribution in [0, 0.1) is 0 Å². The third kappa shape index (κ3) is 2.27. The Morgan fingerprint density at radius 3 is 2.52 bits per heavy atom. The zero-order valence-electron chi connectivity index (χ0n) is 11.4. The molecule has 1 aliphatic rings. The molecule has 0 fully saturated rings. The maximum atomic E-state index is 12.2. The quantitative estimate of drug-likeness (QED) is 0.887. The molecule has 2 aromatic rings. The van der Waals surface area contributed by atoms with Gasteiger partial charge in [0.05, 0.1) is 19.1 Å². The van der Waals surface area contributed by atoms with Gasteiger partial charge in [-0.3, -0.25) is 4.79 Å². The summed E-state index contributed by atoms with van der Waals surface area (Å²) in [4.78, 5) is 12.2. The van der Waals surface area contributed by atoms with Crippen LogP contribution in [0.4, 0.5) is 0 Å². The summed E-state index contributed by atoms with van der Waals surface area (Å²) in [5, 5.41) is 19.1. The fourth-order valence-corrected chi connectivity index (χ4v) is 2.42. The number of carbonyl (C=O) groups is 1. The standard InChI is InChI=1S/C16H14O5/c1-20-16-12(18)7-6-11-13(19)8-14(21-15(11)16)9-2-4-10(17)5-3-9/h2-7,14,17-18H,8H2,1H3/t14-/m0/s1. The topological polar surface area (TPSA) is 76.0 Å². The number of ketones is 1. The van der Waals surface area contributed by atoms with E-state index < -0.39 is 6.10 Å². The van der Waals surface area contributed by atoms with Crippen molar-refractivity contribution < 1.29 is 24.5 Å². The van der Waals surface area contributed by atoms with E-state index in [0.29, 0.717) is 5.56 Å². The first-order chi connectivity index (χ1) is 10.1. The van der Waals surface area contributed by atoms with Crippen LogP contribution in [-0.2, 0) is 0 Å². The van der Waals surface area contributed by atoms with E-state index in [1.807, 2.05) is 0 Å². The Hall–Kier alpha value is -2.69. The predicted molar refractivity (Wildman–Crippen MR) is 75.1 cm³/mol. The molecule has 0 aliphatic carbocycles. The van der Waals surface area contributed by atoms with Gasteiger partial charge in [0.1, 0.15) is 11.9 Å². The van der Waals surface area contributed by atoms with Crippen molar-refractivity contribution in [3.05, 3.63) is 47.5 Å². The minimum absolute atomic E-state index is 0.0737. The second kappa shape index (κ2) is 5.01. The van der Waals surface area contributed by atoms with Crippen LogP contribution < -0.4 is 9.47 Å². The molecule has 0 radical (unpaired) electrons. The Morgan fingerprint density at radius 1 is 1.14 bits per heavy atom. The van der Waals surface area contributed by atoms with Gasteiger partial charge in [-0.15, -0.1) is 0 Å². The van der Waals surface area contributed by atoms with E-state index in [-0.39, 0.29) is 35.2 Å². The highest BCUT2D eigenvalue weighted by Gasteiger charge is 2.31. The first kappa shape index (κ1) is 13.3. The van der Waals surface area contributed by atoms with Crippen LogP contribution in [0.15, 0.2) is 36.4 Å². The number of carbonyl (C=O) groups excluding carboxylic acids is 1. The van der Waals surface area contributed by atoms with E-state index in [0.717, 1.165) is 5.56 Å². The summed E-state index contributed by atoms with van der Waals surface area (Å²) in [5.74, 6) is 0.413. The molecular weight excluding hydrogens is 272 g/mol. The molecule has 0 spiro atoms. The molecule has 2 aromatic carbocycles.